The predicted octanol–water partition coefficient (Wildman–Crippen LogP) is 3.45. The Morgan fingerprint density at radius 3 is 2.42 bits per heavy atom. The van der Waals surface area contributed by atoms with Crippen LogP contribution in [0.4, 0.5) is 5.95 Å². The van der Waals surface area contributed by atoms with E-state index < -0.39 is 0 Å². The fraction of sp³-hybridized carbons (Fsp3) is 0.800. The Morgan fingerprint density at radius 1 is 1.16 bits per heavy atom. The van der Waals surface area contributed by atoms with Crippen molar-refractivity contribution in [1.82, 2.24) is 15.0 Å². The van der Waals surface area contributed by atoms with Crippen molar-refractivity contribution in [1.29, 1.82) is 0 Å². The van der Waals surface area contributed by atoms with Gasteiger partial charge in [-0.15, -0.1) is 0 Å². The molecule has 0 radical (unpaired) electrons. The lowest BCUT2D eigenvalue weighted by Gasteiger charge is -2.37. The summed E-state index contributed by atoms with van der Waals surface area (Å²) in [6, 6.07) is 0.519. The highest BCUT2D eigenvalue weighted by atomic mass is 15.2. The van der Waals surface area contributed by atoms with E-state index in [-0.39, 0.29) is 0 Å². The molecule has 4 nitrogen and oxygen atoms in total. The molecule has 1 fully saturated rings. The van der Waals surface area contributed by atoms with E-state index in [9.17, 15) is 0 Å². The van der Waals surface area contributed by atoms with Gasteiger partial charge in [0.15, 0.2) is 0 Å². The molecule has 1 heterocycles. The van der Waals surface area contributed by atoms with Crippen LogP contribution in [0.1, 0.15) is 59.2 Å². The van der Waals surface area contributed by atoms with Crippen LogP contribution >= 0.6 is 0 Å². The van der Waals surface area contributed by atoms with E-state index in [1.54, 1.807) is 6.33 Å². The maximum atomic E-state index is 4.42. The first-order valence-corrected chi connectivity index (χ1v) is 7.43. The zero-order valence-corrected chi connectivity index (χ0v) is 12.6. The minimum absolute atomic E-state index is 0.438. The lowest BCUT2D eigenvalue weighted by molar-refractivity contribution is 0.173. The minimum atomic E-state index is 0.438. The van der Waals surface area contributed by atoms with Crippen molar-refractivity contribution in [2.75, 3.05) is 5.32 Å². The number of nitrogens with zero attached hydrogens (tertiary/aromatic N) is 3. The molecular formula is C15H26N4. The number of anilines is 1. The first kappa shape index (κ1) is 14.2. The van der Waals surface area contributed by atoms with Crippen LogP contribution < -0.4 is 5.32 Å². The first-order valence-electron chi connectivity index (χ1n) is 7.43. The molecule has 0 spiro atoms. The highest BCUT2D eigenvalue weighted by molar-refractivity contribution is 5.24. The second kappa shape index (κ2) is 5.85. The molecule has 4 heteroatoms. The van der Waals surface area contributed by atoms with Crippen LogP contribution in [-0.4, -0.2) is 21.0 Å². The minimum Gasteiger partial charge on any atom is -0.351 e. The van der Waals surface area contributed by atoms with Gasteiger partial charge in [0, 0.05) is 12.5 Å². The molecule has 0 saturated heterocycles. The van der Waals surface area contributed by atoms with Gasteiger partial charge >= 0.3 is 0 Å². The number of rotatable bonds is 3. The van der Waals surface area contributed by atoms with Crippen LogP contribution in [0, 0.1) is 11.3 Å². The van der Waals surface area contributed by atoms with Crippen molar-refractivity contribution in [3.63, 3.8) is 0 Å². The summed E-state index contributed by atoms with van der Waals surface area (Å²) >= 11 is 0. The second-order valence-electron chi connectivity index (χ2n) is 6.64. The van der Waals surface area contributed by atoms with E-state index in [4.69, 9.17) is 0 Å². The molecule has 1 aliphatic rings. The van der Waals surface area contributed by atoms with Crippen molar-refractivity contribution >= 4 is 5.95 Å². The van der Waals surface area contributed by atoms with Crippen LogP contribution in [-0.2, 0) is 6.42 Å². The van der Waals surface area contributed by atoms with Crippen LogP contribution in [0.15, 0.2) is 6.33 Å². The topological polar surface area (TPSA) is 50.7 Å². The lowest BCUT2D eigenvalue weighted by atomic mass is 9.71. The molecule has 0 amide bonds. The molecule has 0 aliphatic heterocycles. The zero-order chi connectivity index (χ0) is 13.9. The molecule has 0 bridgehead atoms. The molecule has 1 N–H and O–H groups in total. The van der Waals surface area contributed by atoms with E-state index >= 15 is 0 Å². The van der Waals surface area contributed by atoms with E-state index in [1.165, 1.54) is 25.7 Å². The normalized spacial score (nSPS) is 24.2. The third kappa shape index (κ3) is 3.88. The molecular weight excluding hydrogens is 236 g/mol. The SMILES string of the molecule is CCc1ncnc(NC2CCC(C(C)(C)C)CC2)n1. The Morgan fingerprint density at radius 2 is 1.84 bits per heavy atom. The van der Waals surface area contributed by atoms with E-state index in [1.807, 2.05) is 0 Å². The molecule has 1 aromatic heterocycles. The fourth-order valence-corrected chi connectivity index (χ4v) is 2.86. The van der Waals surface area contributed by atoms with Crippen molar-refractivity contribution < 1.29 is 0 Å². The quantitative estimate of drug-likeness (QED) is 0.906. The van der Waals surface area contributed by atoms with Gasteiger partial charge in [0.05, 0.1) is 0 Å². The lowest BCUT2D eigenvalue weighted by Crippen LogP contribution is -2.32. The van der Waals surface area contributed by atoms with Gasteiger partial charge in [-0.3, -0.25) is 0 Å². The van der Waals surface area contributed by atoms with Crippen molar-refractivity contribution in [3.05, 3.63) is 12.2 Å². The highest BCUT2D eigenvalue weighted by Gasteiger charge is 2.29. The molecule has 1 aromatic rings. The second-order valence-corrected chi connectivity index (χ2v) is 6.64. The summed E-state index contributed by atoms with van der Waals surface area (Å²) in [6.07, 6.45) is 7.49. The standard InChI is InChI=1S/C15H26N4/c1-5-13-16-10-17-14(19-13)18-12-8-6-11(7-9-12)15(2,3)4/h10-12H,5-9H2,1-4H3,(H,16,17,18,19). The number of aryl methyl sites for hydroxylation is 1. The average Bonchev–Trinajstić information content (AvgIpc) is 2.38. The van der Waals surface area contributed by atoms with Gasteiger partial charge in [0.2, 0.25) is 5.95 Å². The summed E-state index contributed by atoms with van der Waals surface area (Å²) in [4.78, 5) is 12.8. The Balaban J connectivity index is 1.88. The van der Waals surface area contributed by atoms with Crippen LogP contribution in [0.5, 0.6) is 0 Å². The number of nitrogens with one attached hydrogen (secondary N) is 1. The van der Waals surface area contributed by atoms with Gasteiger partial charge < -0.3 is 5.32 Å². The zero-order valence-electron chi connectivity index (χ0n) is 12.6. The molecule has 0 atom stereocenters. The Hall–Kier alpha value is -1.19. The molecule has 1 aliphatic carbocycles. The average molecular weight is 262 g/mol. The fourth-order valence-electron chi connectivity index (χ4n) is 2.86. The van der Waals surface area contributed by atoms with Gasteiger partial charge in [-0.1, -0.05) is 27.7 Å². The third-order valence-corrected chi connectivity index (χ3v) is 4.22. The highest BCUT2D eigenvalue weighted by Crippen LogP contribution is 2.38. The Labute approximate surface area is 116 Å². The maximum absolute atomic E-state index is 4.42. The number of hydrogen-bond donors (Lipinski definition) is 1. The predicted molar refractivity (Wildman–Crippen MR) is 78.0 cm³/mol. The number of hydrogen-bond acceptors (Lipinski definition) is 4. The van der Waals surface area contributed by atoms with E-state index in [0.717, 1.165) is 24.1 Å². The molecule has 19 heavy (non-hydrogen) atoms. The summed E-state index contributed by atoms with van der Waals surface area (Å²) in [6.45, 7) is 9.12. The Bertz CT molecular complexity index is 403. The van der Waals surface area contributed by atoms with Crippen LogP contribution in [0.2, 0.25) is 0 Å². The van der Waals surface area contributed by atoms with E-state index in [0.29, 0.717) is 11.5 Å². The van der Waals surface area contributed by atoms with Crippen molar-refractivity contribution in [2.45, 2.75) is 65.8 Å². The molecule has 0 aromatic carbocycles. The van der Waals surface area contributed by atoms with Crippen LogP contribution in [0.3, 0.4) is 0 Å². The van der Waals surface area contributed by atoms with E-state index in [2.05, 4.69) is 48.0 Å². The third-order valence-electron chi connectivity index (χ3n) is 4.22. The molecule has 0 unspecified atom stereocenters. The van der Waals surface area contributed by atoms with Crippen molar-refractivity contribution in [2.24, 2.45) is 11.3 Å². The summed E-state index contributed by atoms with van der Waals surface area (Å²) < 4.78 is 0. The summed E-state index contributed by atoms with van der Waals surface area (Å²) in [5, 5.41) is 3.47. The first-order chi connectivity index (χ1) is 8.99. The molecule has 1 saturated carbocycles. The van der Waals surface area contributed by atoms with Gasteiger partial charge in [0.25, 0.3) is 0 Å². The van der Waals surface area contributed by atoms with Gasteiger partial charge in [-0.2, -0.15) is 4.98 Å². The monoisotopic (exact) mass is 262 g/mol. The largest absolute Gasteiger partial charge is 0.351 e. The number of aromatic nitrogens is 3. The van der Waals surface area contributed by atoms with Gasteiger partial charge in [-0.25, -0.2) is 9.97 Å². The Kier molecular flexibility index (Phi) is 4.38. The molecule has 2 rings (SSSR count). The maximum Gasteiger partial charge on any atom is 0.226 e. The van der Waals surface area contributed by atoms with Crippen molar-refractivity contribution in [3.8, 4) is 0 Å². The summed E-state index contributed by atoms with van der Waals surface area (Å²) in [5.74, 6) is 2.45. The molecule has 106 valence electrons. The van der Waals surface area contributed by atoms with Gasteiger partial charge in [-0.05, 0) is 37.0 Å². The summed E-state index contributed by atoms with van der Waals surface area (Å²) in [7, 11) is 0. The smallest absolute Gasteiger partial charge is 0.226 e. The summed E-state index contributed by atoms with van der Waals surface area (Å²) in [5.41, 5.74) is 0.438. The van der Waals surface area contributed by atoms with Gasteiger partial charge in [0.1, 0.15) is 12.2 Å². The van der Waals surface area contributed by atoms with Crippen LogP contribution in [0.25, 0.3) is 0 Å².